The van der Waals surface area contributed by atoms with Crippen molar-refractivity contribution in [3.63, 3.8) is 0 Å². The SMILES string of the molecule is C=CCCCNCC1CCC(O)CC1. The van der Waals surface area contributed by atoms with Crippen molar-refractivity contribution in [1.82, 2.24) is 5.32 Å². The number of hydrogen-bond donors (Lipinski definition) is 2. The zero-order chi connectivity index (χ0) is 10.2. The Morgan fingerprint density at radius 3 is 2.64 bits per heavy atom. The van der Waals surface area contributed by atoms with Gasteiger partial charge in [-0.2, -0.15) is 0 Å². The van der Waals surface area contributed by atoms with Crippen LogP contribution in [0.15, 0.2) is 12.7 Å². The van der Waals surface area contributed by atoms with Gasteiger partial charge >= 0.3 is 0 Å². The molecule has 2 heteroatoms. The zero-order valence-electron chi connectivity index (χ0n) is 9.04. The van der Waals surface area contributed by atoms with Gasteiger partial charge in [-0.1, -0.05) is 6.08 Å². The van der Waals surface area contributed by atoms with Crippen LogP contribution in [-0.4, -0.2) is 24.3 Å². The lowest BCUT2D eigenvalue weighted by atomic mass is 9.87. The lowest BCUT2D eigenvalue weighted by Crippen LogP contribution is -2.28. The van der Waals surface area contributed by atoms with Crippen LogP contribution in [0, 0.1) is 5.92 Å². The summed E-state index contributed by atoms with van der Waals surface area (Å²) < 4.78 is 0. The number of aliphatic hydroxyl groups excluding tert-OH is 1. The lowest BCUT2D eigenvalue weighted by Gasteiger charge is -2.25. The van der Waals surface area contributed by atoms with Crippen molar-refractivity contribution in [2.45, 2.75) is 44.6 Å². The van der Waals surface area contributed by atoms with Crippen molar-refractivity contribution in [3.05, 3.63) is 12.7 Å². The van der Waals surface area contributed by atoms with E-state index in [0.29, 0.717) is 0 Å². The second kappa shape index (κ2) is 7.02. The zero-order valence-corrected chi connectivity index (χ0v) is 9.04. The number of allylic oxidation sites excluding steroid dienone is 1. The summed E-state index contributed by atoms with van der Waals surface area (Å²) in [6.45, 7) is 5.93. The average Bonchev–Trinajstić information content (AvgIpc) is 2.21. The Kier molecular flexibility index (Phi) is 5.88. The van der Waals surface area contributed by atoms with Gasteiger partial charge in [-0.25, -0.2) is 0 Å². The first-order valence-electron chi connectivity index (χ1n) is 5.82. The van der Waals surface area contributed by atoms with Gasteiger partial charge in [0.25, 0.3) is 0 Å². The first-order chi connectivity index (χ1) is 6.83. The Morgan fingerprint density at radius 2 is 2.00 bits per heavy atom. The Hall–Kier alpha value is -0.340. The summed E-state index contributed by atoms with van der Waals surface area (Å²) in [6, 6.07) is 0. The Balaban J connectivity index is 1.93. The molecule has 0 spiro atoms. The van der Waals surface area contributed by atoms with E-state index in [1.165, 1.54) is 19.3 Å². The van der Waals surface area contributed by atoms with Gasteiger partial charge in [0.05, 0.1) is 6.10 Å². The summed E-state index contributed by atoms with van der Waals surface area (Å²) in [6.07, 6.45) is 8.63. The molecule has 2 N–H and O–H groups in total. The van der Waals surface area contributed by atoms with Crippen molar-refractivity contribution in [1.29, 1.82) is 0 Å². The molecule has 0 radical (unpaired) electrons. The molecule has 0 aromatic heterocycles. The van der Waals surface area contributed by atoms with E-state index in [1.807, 2.05) is 6.08 Å². The number of nitrogens with one attached hydrogen (secondary N) is 1. The largest absolute Gasteiger partial charge is 0.393 e. The molecule has 1 rings (SSSR count). The molecular formula is C12H23NO. The number of hydrogen-bond acceptors (Lipinski definition) is 2. The van der Waals surface area contributed by atoms with Crippen molar-refractivity contribution in [2.75, 3.05) is 13.1 Å². The lowest BCUT2D eigenvalue weighted by molar-refractivity contribution is 0.108. The van der Waals surface area contributed by atoms with Crippen LogP contribution >= 0.6 is 0 Å². The van der Waals surface area contributed by atoms with E-state index < -0.39 is 0 Å². The highest BCUT2D eigenvalue weighted by molar-refractivity contribution is 4.73. The maximum absolute atomic E-state index is 9.34. The van der Waals surface area contributed by atoms with Gasteiger partial charge < -0.3 is 10.4 Å². The van der Waals surface area contributed by atoms with Gasteiger partial charge in [0.15, 0.2) is 0 Å². The van der Waals surface area contributed by atoms with Crippen LogP contribution in [0.1, 0.15) is 38.5 Å². The first-order valence-corrected chi connectivity index (χ1v) is 5.82. The molecule has 1 aliphatic carbocycles. The van der Waals surface area contributed by atoms with E-state index in [4.69, 9.17) is 0 Å². The van der Waals surface area contributed by atoms with Crippen LogP contribution in [0.3, 0.4) is 0 Å². The van der Waals surface area contributed by atoms with E-state index in [2.05, 4.69) is 11.9 Å². The van der Waals surface area contributed by atoms with Crippen LogP contribution < -0.4 is 5.32 Å². The van der Waals surface area contributed by atoms with Crippen LogP contribution in [0.2, 0.25) is 0 Å². The molecule has 0 heterocycles. The minimum Gasteiger partial charge on any atom is -0.393 e. The molecule has 0 aliphatic heterocycles. The second-order valence-electron chi connectivity index (χ2n) is 4.31. The molecule has 82 valence electrons. The van der Waals surface area contributed by atoms with Gasteiger partial charge in [0.1, 0.15) is 0 Å². The normalized spacial score (nSPS) is 27.5. The average molecular weight is 197 g/mol. The molecule has 0 saturated heterocycles. The highest BCUT2D eigenvalue weighted by atomic mass is 16.3. The van der Waals surface area contributed by atoms with Crippen molar-refractivity contribution in [3.8, 4) is 0 Å². The molecule has 1 fully saturated rings. The molecule has 0 bridgehead atoms. The number of unbranched alkanes of at least 4 members (excludes halogenated alkanes) is 1. The Morgan fingerprint density at radius 1 is 1.29 bits per heavy atom. The van der Waals surface area contributed by atoms with E-state index in [-0.39, 0.29) is 6.10 Å². The monoisotopic (exact) mass is 197 g/mol. The highest BCUT2D eigenvalue weighted by Crippen LogP contribution is 2.23. The molecular weight excluding hydrogens is 174 g/mol. The third-order valence-electron chi connectivity index (χ3n) is 3.01. The fraction of sp³-hybridized carbons (Fsp3) is 0.833. The van der Waals surface area contributed by atoms with Crippen molar-refractivity contribution < 1.29 is 5.11 Å². The first kappa shape index (κ1) is 11.7. The summed E-state index contributed by atoms with van der Waals surface area (Å²) in [5.41, 5.74) is 0. The molecule has 1 aliphatic rings. The minimum absolute atomic E-state index is 0.0213. The third-order valence-corrected chi connectivity index (χ3v) is 3.01. The predicted molar refractivity (Wildman–Crippen MR) is 60.3 cm³/mol. The van der Waals surface area contributed by atoms with Crippen LogP contribution in [-0.2, 0) is 0 Å². The van der Waals surface area contributed by atoms with Crippen LogP contribution in [0.5, 0.6) is 0 Å². The third kappa shape index (κ3) is 4.77. The fourth-order valence-corrected chi connectivity index (χ4v) is 2.03. The number of aliphatic hydroxyl groups is 1. The second-order valence-corrected chi connectivity index (χ2v) is 4.31. The topological polar surface area (TPSA) is 32.3 Å². The smallest absolute Gasteiger partial charge is 0.0540 e. The Bertz CT molecular complexity index is 150. The molecule has 1 saturated carbocycles. The number of rotatable bonds is 6. The van der Waals surface area contributed by atoms with Crippen molar-refractivity contribution in [2.24, 2.45) is 5.92 Å². The molecule has 14 heavy (non-hydrogen) atoms. The maximum Gasteiger partial charge on any atom is 0.0540 e. The van der Waals surface area contributed by atoms with E-state index in [1.54, 1.807) is 0 Å². The predicted octanol–water partition coefficient (Wildman–Crippen LogP) is 2.09. The summed E-state index contributed by atoms with van der Waals surface area (Å²) in [5.74, 6) is 0.794. The molecule has 0 atom stereocenters. The summed E-state index contributed by atoms with van der Waals surface area (Å²) in [7, 11) is 0. The molecule has 0 aromatic rings. The van der Waals surface area contributed by atoms with E-state index >= 15 is 0 Å². The standard InChI is InChI=1S/C12H23NO/c1-2-3-4-9-13-10-11-5-7-12(14)8-6-11/h2,11-14H,1,3-10H2. The van der Waals surface area contributed by atoms with Gasteiger partial charge in [-0.15, -0.1) is 6.58 Å². The summed E-state index contributed by atoms with van der Waals surface area (Å²) in [5, 5.41) is 12.8. The highest BCUT2D eigenvalue weighted by Gasteiger charge is 2.18. The quantitative estimate of drug-likeness (QED) is 0.505. The molecule has 0 amide bonds. The molecule has 0 aromatic carbocycles. The van der Waals surface area contributed by atoms with Gasteiger partial charge in [-0.05, 0) is 57.5 Å². The molecule has 2 nitrogen and oxygen atoms in total. The minimum atomic E-state index is -0.0213. The van der Waals surface area contributed by atoms with Crippen molar-refractivity contribution >= 4 is 0 Å². The van der Waals surface area contributed by atoms with E-state index in [0.717, 1.165) is 38.3 Å². The summed E-state index contributed by atoms with van der Waals surface area (Å²) in [4.78, 5) is 0. The summed E-state index contributed by atoms with van der Waals surface area (Å²) >= 11 is 0. The fourth-order valence-electron chi connectivity index (χ4n) is 2.03. The maximum atomic E-state index is 9.34. The van der Waals surface area contributed by atoms with Gasteiger partial charge in [0, 0.05) is 0 Å². The van der Waals surface area contributed by atoms with Gasteiger partial charge in [-0.3, -0.25) is 0 Å². The van der Waals surface area contributed by atoms with Crippen LogP contribution in [0.4, 0.5) is 0 Å². The van der Waals surface area contributed by atoms with Crippen LogP contribution in [0.25, 0.3) is 0 Å². The van der Waals surface area contributed by atoms with Gasteiger partial charge in [0.2, 0.25) is 0 Å². The van der Waals surface area contributed by atoms with E-state index in [9.17, 15) is 5.11 Å². The molecule has 0 unspecified atom stereocenters. The Labute approximate surface area is 87.4 Å².